The van der Waals surface area contributed by atoms with E-state index in [0.29, 0.717) is 11.0 Å². The van der Waals surface area contributed by atoms with E-state index in [1.165, 1.54) is 12.1 Å². The van der Waals surface area contributed by atoms with Gasteiger partial charge >= 0.3 is 0 Å². The van der Waals surface area contributed by atoms with E-state index in [2.05, 4.69) is 15.9 Å². The molecule has 0 bridgehead atoms. The predicted molar refractivity (Wildman–Crippen MR) is 54.0 cm³/mol. The maximum atomic E-state index is 13.4. The van der Waals surface area contributed by atoms with Crippen molar-refractivity contribution >= 4 is 15.9 Å². The molecule has 4 heteroatoms. The average molecular weight is 262 g/mol. The molecular formula is C10H10BrF2N. The third-order valence-corrected chi connectivity index (χ3v) is 3.10. The van der Waals surface area contributed by atoms with Crippen LogP contribution in [0.4, 0.5) is 8.78 Å². The lowest BCUT2D eigenvalue weighted by Gasteiger charge is -2.04. The SMILES string of the molecule is NCC1CC1c1c(F)cc(Br)cc1F. The molecule has 2 rings (SSSR count). The van der Waals surface area contributed by atoms with Crippen molar-refractivity contribution in [3.8, 4) is 0 Å². The molecule has 2 N–H and O–H groups in total. The van der Waals surface area contributed by atoms with Crippen LogP contribution in [-0.2, 0) is 0 Å². The van der Waals surface area contributed by atoms with Crippen LogP contribution in [0.2, 0.25) is 0 Å². The molecule has 1 nitrogen and oxygen atoms in total. The van der Waals surface area contributed by atoms with Crippen molar-refractivity contribution in [1.82, 2.24) is 0 Å². The fraction of sp³-hybridized carbons (Fsp3) is 0.400. The topological polar surface area (TPSA) is 26.0 Å². The van der Waals surface area contributed by atoms with Gasteiger partial charge in [-0.2, -0.15) is 0 Å². The highest BCUT2D eigenvalue weighted by atomic mass is 79.9. The standard InChI is InChI=1S/C10H10BrF2N/c11-6-2-8(12)10(9(13)3-6)7-1-5(7)4-14/h2-3,5,7H,1,4,14H2. The molecule has 76 valence electrons. The molecule has 0 spiro atoms. The summed E-state index contributed by atoms with van der Waals surface area (Å²) in [6.45, 7) is 0.500. The summed E-state index contributed by atoms with van der Waals surface area (Å²) < 4.78 is 27.2. The van der Waals surface area contributed by atoms with E-state index in [0.717, 1.165) is 6.42 Å². The lowest BCUT2D eigenvalue weighted by atomic mass is 10.1. The van der Waals surface area contributed by atoms with Gasteiger partial charge in [-0.15, -0.1) is 0 Å². The molecule has 1 aliphatic carbocycles. The van der Waals surface area contributed by atoms with Crippen LogP contribution >= 0.6 is 15.9 Å². The van der Waals surface area contributed by atoms with Crippen LogP contribution in [-0.4, -0.2) is 6.54 Å². The predicted octanol–water partition coefficient (Wildman–Crippen LogP) is 2.79. The van der Waals surface area contributed by atoms with Crippen molar-refractivity contribution in [3.63, 3.8) is 0 Å². The number of hydrogen-bond donors (Lipinski definition) is 1. The van der Waals surface area contributed by atoms with Crippen molar-refractivity contribution in [2.45, 2.75) is 12.3 Å². The number of hydrogen-bond acceptors (Lipinski definition) is 1. The van der Waals surface area contributed by atoms with Crippen molar-refractivity contribution in [2.24, 2.45) is 11.7 Å². The molecular weight excluding hydrogens is 252 g/mol. The number of nitrogens with two attached hydrogens (primary N) is 1. The second-order valence-corrected chi connectivity index (χ2v) is 4.54. The molecule has 0 amide bonds. The molecule has 2 atom stereocenters. The summed E-state index contributed by atoms with van der Waals surface area (Å²) in [6, 6.07) is 2.59. The van der Waals surface area contributed by atoms with Gasteiger partial charge < -0.3 is 5.73 Å². The van der Waals surface area contributed by atoms with Crippen LogP contribution in [0.3, 0.4) is 0 Å². The first kappa shape index (κ1) is 10.1. The Balaban J connectivity index is 2.34. The molecule has 2 unspecified atom stereocenters. The van der Waals surface area contributed by atoms with Gasteiger partial charge in [-0.25, -0.2) is 8.78 Å². The third kappa shape index (κ3) is 1.68. The maximum absolute atomic E-state index is 13.4. The minimum absolute atomic E-state index is 0.0203. The fourth-order valence-corrected chi connectivity index (χ4v) is 2.17. The lowest BCUT2D eigenvalue weighted by molar-refractivity contribution is 0.550. The minimum atomic E-state index is -0.474. The van der Waals surface area contributed by atoms with E-state index in [9.17, 15) is 8.78 Å². The van der Waals surface area contributed by atoms with Crippen LogP contribution in [0.15, 0.2) is 16.6 Å². The first-order valence-electron chi connectivity index (χ1n) is 4.48. The first-order chi connectivity index (χ1) is 6.63. The second kappa shape index (κ2) is 3.59. The van der Waals surface area contributed by atoms with Gasteiger partial charge in [0, 0.05) is 10.0 Å². The zero-order valence-corrected chi connectivity index (χ0v) is 9.02. The van der Waals surface area contributed by atoms with Crippen LogP contribution in [0, 0.1) is 17.6 Å². The molecule has 0 aromatic heterocycles. The summed E-state index contributed by atoms with van der Waals surface area (Å²) in [5.41, 5.74) is 5.64. The van der Waals surface area contributed by atoms with Crippen LogP contribution in [0.1, 0.15) is 17.9 Å². The summed E-state index contributed by atoms with van der Waals surface area (Å²) in [5.74, 6) is -0.719. The number of rotatable bonds is 2. The second-order valence-electron chi connectivity index (χ2n) is 3.62. The molecule has 0 heterocycles. The Kier molecular flexibility index (Phi) is 2.58. The van der Waals surface area contributed by atoms with Crippen LogP contribution in [0.5, 0.6) is 0 Å². The van der Waals surface area contributed by atoms with E-state index in [-0.39, 0.29) is 17.4 Å². The average Bonchev–Trinajstić information content (AvgIpc) is 2.81. The van der Waals surface area contributed by atoms with Gasteiger partial charge in [0.05, 0.1) is 0 Å². The maximum Gasteiger partial charge on any atom is 0.130 e. The molecule has 14 heavy (non-hydrogen) atoms. The quantitative estimate of drug-likeness (QED) is 0.871. The van der Waals surface area contributed by atoms with Crippen molar-refractivity contribution in [3.05, 3.63) is 33.8 Å². The Morgan fingerprint density at radius 1 is 1.36 bits per heavy atom. The summed E-state index contributed by atoms with van der Waals surface area (Å²) in [5, 5.41) is 0. The van der Waals surface area contributed by atoms with Crippen molar-refractivity contribution < 1.29 is 8.78 Å². The third-order valence-electron chi connectivity index (χ3n) is 2.64. The van der Waals surface area contributed by atoms with Crippen molar-refractivity contribution in [2.75, 3.05) is 6.54 Å². The summed E-state index contributed by atoms with van der Waals surface area (Å²) in [6.07, 6.45) is 0.798. The highest BCUT2D eigenvalue weighted by molar-refractivity contribution is 9.10. The summed E-state index contributed by atoms with van der Waals surface area (Å²) >= 11 is 3.04. The van der Waals surface area contributed by atoms with Crippen molar-refractivity contribution in [1.29, 1.82) is 0 Å². The largest absolute Gasteiger partial charge is 0.330 e. The van der Waals surface area contributed by atoms with Gasteiger partial charge in [0.15, 0.2) is 0 Å². The zero-order valence-electron chi connectivity index (χ0n) is 7.43. The number of benzene rings is 1. The van der Waals surface area contributed by atoms with E-state index in [1.54, 1.807) is 0 Å². The molecule has 1 aliphatic rings. The van der Waals surface area contributed by atoms with E-state index >= 15 is 0 Å². The molecule has 0 saturated heterocycles. The highest BCUT2D eigenvalue weighted by Crippen LogP contribution is 2.48. The van der Waals surface area contributed by atoms with Gasteiger partial charge in [-0.3, -0.25) is 0 Å². The monoisotopic (exact) mass is 261 g/mol. The zero-order chi connectivity index (χ0) is 10.3. The number of halogens is 3. The lowest BCUT2D eigenvalue weighted by Crippen LogP contribution is -2.03. The Morgan fingerprint density at radius 3 is 2.36 bits per heavy atom. The van der Waals surface area contributed by atoms with Crippen LogP contribution in [0.25, 0.3) is 0 Å². The summed E-state index contributed by atoms with van der Waals surface area (Å²) in [4.78, 5) is 0. The molecule has 1 saturated carbocycles. The Morgan fingerprint density at radius 2 is 1.93 bits per heavy atom. The van der Waals surface area contributed by atoms with Crippen LogP contribution < -0.4 is 5.73 Å². The Bertz CT molecular complexity index is 344. The molecule has 0 radical (unpaired) electrons. The molecule has 1 aromatic rings. The molecule has 0 aliphatic heterocycles. The Hall–Kier alpha value is -0.480. The van der Waals surface area contributed by atoms with E-state index < -0.39 is 11.6 Å². The fourth-order valence-electron chi connectivity index (χ4n) is 1.77. The van der Waals surface area contributed by atoms with Gasteiger partial charge in [0.1, 0.15) is 11.6 Å². The van der Waals surface area contributed by atoms with Gasteiger partial charge in [0.25, 0.3) is 0 Å². The summed E-state index contributed by atoms with van der Waals surface area (Å²) in [7, 11) is 0. The normalized spacial score (nSPS) is 25.1. The molecule has 1 fully saturated rings. The van der Waals surface area contributed by atoms with E-state index in [1.807, 2.05) is 0 Å². The van der Waals surface area contributed by atoms with E-state index in [4.69, 9.17) is 5.73 Å². The molecule has 1 aromatic carbocycles. The van der Waals surface area contributed by atoms with Gasteiger partial charge in [-0.05, 0) is 36.9 Å². The highest BCUT2D eigenvalue weighted by Gasteiger charge is 2.40. The van der Waals surface area contributed by atoms with Gasteiger partial charge in [0.2, 0.25) is 0 Å². The first-order valence-corrected chi connectivity index (χ1v) is 5.27. The smallest absolute Gasteiger partial charge is 0.130 e. The van der Waals surface area contributed by atoms with Gasteiger partial charge in [-0.1, -0.05) is 15.9 Å². The minimum Gasteiger partial charge on any atom is -0.330 e. The Labute approximate surface area is 89.4 Å².